The van der Waals surface area contributed by atoms with Gasteiger partial charge in [-0.15, -0.1) is 0 Å². The number of hydrogen-bond donors (Lipinski definition) is 0. The van der Waals surface area contributed by atoms with Crippen molar-refractivity contribution in [1.29, 1.82) is 0 Å². The third-order valence-corrected chi connectivity index (χ3v) is 4.03. The molecule has 6 heteroatoms. The third kappa shape index (κ3) is 6.37. The number of ketones is 1. The van der Waals surface area contributed by atoms with Crippen LogP contribution in [0, 0.1) is 0 Å². The first-order valence-corrected chi connectivity index (χ1v) is 10.1. The maximum absolute atomic E-state index is 13.0. The number of carbonyl (C=O) groups is 2. The van der Waals surface area contributed by atoms with Gasteiger partial charge in [0.1, 0.15) is 28.6 Å². The van der Waals surface area contributed by atoms with Crippen LogP contribution in [-0.4, -0.2) is 31.6 Å². The Morgan fingerprint density at radius 2 is 1.40 bits per heavy atom. The van der Waals surface area contributed by atoms with Crippen LogP contribution in [0.25, 0.3) is 6.08 Å². The fourth-order valence-corrected chi connectivity index (χ4v) is 2.70. The molecule has 6 nitrogen and oxygen atoms in total. The molecule has 160 valence electrons. The van der Waals surface area contributed by atoms with Gasteiger partial charge in [0, 0.05) is 18.6 Å². The SMILES string of the molecule is CCOc1ccc(/C=C/C(=O)c2c(OCC)cc(OCC)cc2OC(=O)CC)cc1. The average Bonchev–Trinajstić information content (AvgIpc) is 2.73. The van der Waals surface area contributed by atoms with Gasteiger partial charge in [-0.3, -0.25) is 9.59 Å². The molecule has 0 saturated carbocycles. The number of carbonyl (C=O) groups excluding carboxylic acids is 2. The first-order valence-electron chi connectivity index (χ1n) is 10.1. The Labute approximate surface area is 177 Å². The molecule has 0 unspecified atom stereocenters. The van der Waals surface area contributed by atoms with Crippen LogP contribution >= 0.6 is 0 Å². The molecule has 0 aliphatic heterocycles. The second-order valence-corrected chi connectivity index (χ2v) is 6.19. The van der Waals surface area contributed by atoms with Crippen molar-refractivity contribution in [3.05, 3.63) is 53.6 Å². The predicted octanol–water partition coefficient (Wildman–Crippen LogP) is 5.09. The molecule has 0 N–H and O–H groups in total. The van der Waals surface area contributed by atoms with Crippen molar-refractivity contribution in [1.82, 2.24) is 0 Å². The molecular weight excluding hydrogens is 384 g/mol. The zero-order valence-electron chi connectivity index (χ0n) is 17.9. The van der Waals surface area contributed by atoms with Crippen LogP contribution in [-0.2, 0) is 4.79 Å². The van der Waals surface area contributed by atoms with Gasteiger partial charge >= 0.3 is 5.97 Å². The Balaban J connectivity index is 2.39. The molecule has 0 radical (unpaired) electrons. The largest absolute Gasteiger partial charge is 0.494 e. The van der Waals surface area contributed by atoms with Gasteiger partial charge < -0.3 is 18.9 Å². The van der Waals surface area contributed by atoms with E-state index in [1.54, 1.807) is 19.1 Å². The van der Waals surface area contributed by atoms with E-state index in [2.05, 4.69) is 0 Å². The Hall–Kier alpha value is -3.28. The number of esters is 1. The highest BCUT2D eigenvalue weighted by Crippen LogP contribution is 2.35. The van der Waals surface area contributed by atoms with E-state index in [-0.39, 0.29) is 23.5 Å². The van der Waals surface area contributed by atoms with E-state index in [1.807, 2.05) is 45.0 Å². The Bertz CT molecular complexity index is 883. The third-order valence-electron chi connectivity index (χ3n) is 4.03. The maximum atomic E-state index is 13.0. The molecule has 0 spiro atoms. The fourth-order valence-electron chi connectivity index (χ4n) is 2.70. The van der Waals surface area contributed by atoms with E-state index in [4.69, 9.17) is 18.9 Å². The minimum Gasteiger partial charge on any atom is -0.494 e. The average molecular weight is 412 g/mol. The summed E-state index contributed by atoms with van der Waals surface area (Å²) in [7, 11) is 0. The summed E-state index contributed by atoms with van der Waals surface area (Å²) in [6.45, 7) is 8.63. The number of benzene rings is 2. The molecule has 0 atom stereocenters. The van der Waals surface area contributed by atoms with Crippen LogP contribution in [0.5, 0.6) is 23.0 Å². The molecular formula is C24H28O6. The summed E-state index contributed by atoms with van der Waals surface area (Å²) in [5, 5.41) is 0. The number of rotatable bonds is 11. The molecule has 0 aromatic heterocycles. The van der Waals surface area contributed by atoms with Gasteiger partial charge in [0.05, 0.1) is 19.8 Å². The van der Waals surface area contributed by atoms with Gasteiger partial charge in [-0.1, -0.05) is 25.1 Å². The topological polar surface area (TPSA) is 71.1 Å². The predicted molar refractivity (Wildman–Crippen MR) is 116 cm³/mol. The van der Waals surface area contributed by atoms with Crippen molar-refractivity contribution < 1.29 is 28.5 Å². The van der Waals surface area contributed by atoms with Crippen molar-refractivity contribution >= 4 is 17.8 Å². The summed E-state index contributed by atoms with van der Waals surface area (Å²) in [6, 6.07) is 10.6. The van der Waals surface area contributed by atoms with Gasteiger partial charge in [0.25, 0.3) is 0 Å². The van der Waals surface area contributed by atoms with Crippen LogP contribution in [0.2, 0.25) is 0 Å². The first-order chi connectivity index (χ1) is 14.5. The second-order valence-electron chi connectivity index (χ2n) is 6.19. The molecule has 2 aromatic rings. The van der Waals surface area contributed by atoms with E-state index >= 15 is 0 Å². The Morgan fingerprint density at radius 3 is 2.00 bits per heavy atom. The van der Waals surface area contributed by atoms with Crippen LogP contribution in [0.15, 0.2) is 42.5 Å². The second kappa shape index (κ2) is 11.7. The monoisotopic (exact) mass is 412 g/mol. The normalized spacial score (nSPS) is 10.7. The standard InChI is InChI=1S/C24H28O6/c1-5-23(26)30-22-16-19(28-7-3)15-21(29-8-4)24(22)20(25)14-11-17-9-12-18(13-10-17)27-6-2/h9-16H,5-8H2,1-4H3/b14-11+. The highest BCUT2D eigenvalue weighted by Gasteiger charge is 2.21. The summed E-state index contributed by atoms with van der Waals surface area (Å²) in [5.41, 5.74) is 1.02. The van der Waals surface area contributed by atoms with Crippen LogP contribution in [0.1, 0.15) is 50.0 Å². The lowest BCUT2D eigenvalue weighted by molar-refractivity contribution is -0.134. The summed E-state index contributed by atoms with van der Waals surface area (Å²) in [6.07, 6.45) is 3.30. The van der Waals surface area contributed by atoms with Gasteiger partial charge in [0.2, 0.25) is 0 Å². The van der Waals surface area contributed by atoms with Crippen molar-refractivity contribution in [3.8, 4) is 23.0 Å². The smallest absolute Gasteiger partial charge is 0.310 e. The maximum Gasteiger partial charge on any atom is 0.310 e. The van der Waals surface area contributed by atoms with Gasteiger partial charge in [-0.2, -0.15) is 0 Å². The first kappa shape index (κ1) is 23.0. The minimum absolute atomic E-state index is 0.123. The van der Waals surface area contributed by atoms with Crippen LogP contribution in [0.4, 0.5) is 0 Å². The highest BCUT2D eigenvalue weighted by atomic mass is 16.5. The molecule has 30 heavy (non-hydrogen) atoms. The zero-order chi connectivity index (χ0) is 21.9. The van der Waals surface area contributed by atoms with Gasteiger partial charge in [-0.25, -0.2) is 0 Å². The summed E-state index contributed by atoms with van der Waals surface area (Å²) < 4.78 is 22.0. The zero-order valence-corrected chi connectivity index (χ0v) is 17.9. The van der Waals surface area contributed by atoms with Gasteiger partial charge in [0.15, 0.2) is 5.78 Å². The number of ether oxygens (including phenoxy) is 4. The van der Waals surface area contributed by atoms with E-state index in [0.717, 1.165) is 11.3 Å². The molecule has 0 amide bonds. The molecule has 0 fully saturated rings. The van der Waals surface area contributed by atoms with E-state index in [9.17, 15) is 9.59 Å². The van der Waals surface area contributed by atoms with Crippen molar-refractivity contribution in [2.24, 2.45) is 0 Å². The summed E-state index contributed by atoms with van der Waals surface area (Å²) in [4.78, 5) is 24.9. The molecule has 2 aromatic carbocycles. The van der Waals surface area contributed by atoms with E-state index < -0.39 is 5.97 Å². The molecule has 2 rings (SSSR count). The van der Waals surface area contributed by atoms with E-state index in [1.165, 1.54) is 12.1 Å². The Kier molecular flexibility index (Phi) is 8.94. The molecule has 0 aliphatic carbocycles. The molecule has 0 aliphatic rings. The molecule has 0 heterocycles. The number of hydrogen-bond acceptors (Lipinski definition) is 6. The highest BCUT2D eigenvalue weighted by molar-refractivity contribution is 6.11. The molecule has 0 bridgehead atoms. The lowest BCUT2D eigenvalue weighted by atomic mass is 10.1. The Morgan fingerprint density at radius 1 is 0.800 bits per heavy atom. The van der Waals surface area contributed by atoms with Crippen LogP contribution < -0.4 is 18.9 Å². The van der Waals surface area contributed by atoms with Gasteiger partial charge in [-0.05, 0) is 44.5 Å². The van der Waals surface area contributed by atoms with Crippen molar-refractivity contribution in [3.63, 3.8) is 0 Å². The number of allylic oxidation sites excluding steroid dienone is 1. The van der Waals surface area contributed by atoms with Crippen molar-refractivity contribution in [2.75, 3.05) is 19.8 Å². The lowest BCUT2D eigenvalue weighted by Gasteiger charge is -2.15. The summed E-state index contributed by atoms with van der Waals surface area (Å²) >= 11 is 0. The van der Waals surface area contributed by atoms with Crippen LogP contribution in [0.3, 0.4) is 0 Å². The van der Waals surface area contributed by atoms with E-state index in [0.29, 0.717) is 31.3 Å². The minimum atomic E-state index is -0.448. The fraction of sp³-hybridized carbons (Fsp3) is 0.333. The quantitative estimate of drug-likeness (QED) is 0.221. The lowest BCUT2D eigenvalue weighted by Crippen LogP contribution is -2.11. The summed E-state index contributed by atoms with van der Waals surface area (Å²) in [5.74, 6) is 0.873. The molecule has 0 saturated heterocycles. The van der Waals surface area contributed by atoms with Crippen molar-refractivity contribution in [2.45, 2.75) is 34.1 Å².